The first-order valence-electron chi connectivity index (χ1n) is 4.97. The van der Waals surface area contributed by atoms with Crippen molar-refractivity contribution in [2.75, 3.05) is 6.61 Å². The summed E-state index contributed by atoms with van der Waals surface area (Å²) in [7, 11) is 0. The topological polar surface area (TPSA) is 46.5 Å². The molecule has 0 aliphatic heterocycles. The van der Waals surface area contributed by atoms with Crippen LogP contribution in [-0.4, -0.2) is 17.7 Å². The van der Waals surface area contributed by atoms with Gasteiger partial charge in [0.15, 0.2) is 0 Å². The van der Waals surface area contributed by atoms with Crippen molar-refractivity contribution < 1.29 is 19.0 Å². The molecule has 0 unspecified atom stereocenters. The van der Waals surface area contributed by atoms with Gasteiger partial charge in [-0.15, -0.1) is 0 Å². The molecule has 1 aromatic carbocycles. The van der Waals surface area contributed by atoms with Gasteiger partial charge < -0.3 is 9.84 Å². The zero-order chi connectivity index (χ0) is 12.0. The summed E-state index contributed by atoms with van der Waals surface area (Å²) in [4.78, 5) is 10.3. The zero-order valence-electron chi connectivity index (χ0n) is 8.94. The minimum absolute atomic E-state index is 0.466. The van der Waals surface area contributed by atoms with Crippen molar-refractivity contribution in [1.82, 2.24) is 0 Å². The van der Waals surface area contributed by atoms with Crippen LogP contribution in [0, 0.1) is 0 Å². The molecule has 1 aromatic rings. The van der Waals surface area contributed by atoms with Crippen molar-refractivity contribution >= 4 is 12.0 Å². The number of benzene rings is 1. The van der Waals surface area contributed by atoms with Gasteiger partial charge in [-0.25, -0.2) is 4.79 Å². The predicted molar refractivity (Wildman–Crippen MR) is 58.9 cm³/mol. The highest BCUT2D eigenvalue weighted by molar-refractivity contribution is 5.89. The average molecular weight is 224 g/mol. The molecule has 0 aliphatic rings. The van der Waals surface area contributed by atoms with Crippen LogP contribution in [0.1, 0.15) is 18.9 Å². The van der Waals surface area contributed by atoms with Crippen LogP contribution in [0.5, 0.6) is 5.75 Å². The Balaban J connectivity index is 2.82. The Morgan fingerprint density at radius 3 is 2.94 bits per heavy atom. The molecule has 0 atom stereocenters. The van der Waals surface area contributed by atoms with Gasteiger partial charge in [-0.05, 0) is 30.2 Å². The summed E-state index contributed by atoms with van der Waals surface area (Å²) in [6.45, 7) is 2.56. The molecule has 0 aromatic heterocycles. The fourth-order valence-electron chi connectivity index (χ4n) is 1.12. The molecule has 0 fully saturated rings. The number of hydrogen-bond acceptors (Lipinski definition) is 2. The maximum absolute atomic E-state index is 12.8. The third-order valence-corrected chi connectivity index (χ3v) is 1.83. The van der Waals surface area contributed by atoms with E-state index in [1.54, 1.807) is 24.3 Å². The van der Waals surface area contributed by atoms with Crippen molar-refractivity contribution in [3.05, 3.63) is 35.7 Å². The highest BCUT2D eigenvalue weighted by Gasteiger charge is 2.05. The van der Waals surface area contributed by atoms with Gasteiger partial charge in [0.05, 0.1) is 6.61 Å². The fraction of sp³-hybridized carbons (Fsp3) is 0.250. The second-order valence-corrected chi connectivity index (χ2v) is 3.22. The van der Waals surface area contributed by atoms with Crippen molar-refractivity contribution in [1.29, 1.82) is 0 Å². The lowest BCUT2D eigenvalue weighted by atomic mass is 10.2. The molecule has 4 heteroatoms. The molecule has 1 N–H and O–H groups in total. The van der Waals surface area contributed by atoms with Gasteiger partial charge in [0.25, 0.3) is 0 Å². The van der Waals surface area contributed by atoms with E-state index in [1.807, 2.05) is 6.92 Å². The highest BCUT2D eigenvalue weighted by atomic mass is 19.1. The first-order chi connectivity index (χ1) is 7.63. The Labute approximate surface area is 93.2 Å². The maximum atomic E-state index is 12.8. The van der Waals surface area contributed by atoms with Gasteiger partial charge in [0, 0.05) is 0 Å². The van der Waals surface area contributed by atoms with E-state index < -0.39 is 11.8 Å². The summed E-state index contributed by atoms with van der Waals surface area (Å²) < 4.78 is 18.2. The molecule has 0 amide bonds. The van der Waals surface area contributed by atoms with Crippen LogP contribution in [0.3, 0.4) is 0 Å². The number of carboxylic acids is 1. The van der Waals surface area contributed by atoms with Crippen molar-refractivity contribution in [3.63, 3.8) is 0 Å². The first kappa shape index (κ1) is 12.2. The highest BCUT2D eigenvalue weighted by Crippen LogP contribution is 2.16. The van der Waals surface area contributed by atoms with Gasteiger partial charge in [0.1, 0.15) is 5.75 Å². The second-order valence-electron chi connectivity index (χ2n) is 3.22. The molecular formula is C12H13FO3. The third kappa shape index (κ3) is 3.73. The molecule has 0 spiro atoms. The minimum atomic E-state index is -1.57. The first-order valence-corrected chi connectivity index (χ1v) is 4.97. The summed E-state index contributed by atoms with van der Waals surface area (Å²) in [5.41, 5.74) is 0.466. The normalized spacial score (nSPS) is 11.2. The van der Waals surface area contributed by atoms with Crippen molar-refractivity contribution in [2.24, 2.45) is 0 Å². The van der Waals surface area contributed by atoms with Crippen LogP contribution in [0.15, 0.2) is 30.1 Å². The number of halogens is 1. The van der Waals surface area contributed by atoms with Crippen LogP contribution >= 0.6 is 0 Å². The zero-order valence-corrected chi connectivity index (χ0v) is 8.94. The van der Waals surface area contributed by atoms with Gasteiger partial charge in [-0.2, -0.15) is 4.39 Å². The Morgan fingerprint density at radius 2 is 2.31 bits per heavy atom. The van der Waals surface area contributed by atoms with Crippen LogP contribution in [0.4, 0.5) is 4.39 Å². The van der Waals surface area contributed by atoms with E-state index in [9.17, 15) is 9.18 Å². The largest absolute Gasteiger partial charge is 0.494 e. The van der Waals surface area contributed by atoms with E-state index in [-0.39, 0.29) is 0 Å². The summed E-state index contributed by atoms with van der Waals surface area (Å²) in [5.74, 6) is -2.15. The smallest absolute Gasteiger partial charge is 0.364 e. The molecular weight excluding hydrogens is 211 g/mol. The van der Waals surface area contributed by atoms with Gasteiger partial charge in [-0.3, -0.25) is 0 Å². The summed E-state index contributed by atoms with van der Waals surface area (Å²) in [6, 6.07) is 6.64. The Bertz CT molecular complexity index is 399. The minimum Gasteiger partial charge on any atom is -0.494 e. The number of aliphatic carboxylic acids is 1. The van der Waals surface area contributed by atoms with E-state index in [4.69, 9.17) is 9.84 Å². The molecule has 0 aliphatic carbocycles. The number of rotatable bonds is 5. The molecule has 0 heterocycles. The molecule has 86 valence electrons. The molecule has 1 rings (SSSR count). The number of ether oxygens (including phenoxy) is 1. The molecule has 0 bridgehead atoms. The quantitative estimate of drug-likeness (QED) is 0.782. The number of hydrogen-bond donors (Lipinski definition) is 1. The van der Waals surface area contributed by atoms with Gasteiger partial charge in [-0.1, -0.05) is 19.1 Å². The van der Waals surface area contributed by atoms with Crippen LogP contribution in [0.25, 0.3) is 6.08 Å². The fourth-order valence-corrected chi connectivity index (χ4v) is 1.12. The standard InChI is InChI=1S/C12H13FO3/c1-2-6-16-10-5-3-4-9(7-10)8-11(13)12(14)15/h3-5,7-8H,2,6H2,1H3,(H,14,15). The predicted octanol–water partition coefficient (Wildman–Crippen LogP) is 2.87. The second kappa shape index (κ2) is 5.90. The van der Waals surface area contributed by atoms with Crippen molar-refractivity contribution in [2.45, 2.75) is 13.3 Å². The Kier molecular flexibility index (Phi) is 4.51. The molecule has 16 heavy (non-hydrogen) atoms. The van der Waals surface area contributed by atoms with Crippen LogP contribution in [0.2, 0.25) is 0 Å². The molecule has 0 saturated carbocycles. The maximum Gasteiger partial charge on any atom is 0.364 e. The monoisotopic (exact) mass is 224 g/mol. The third-order valence-electron chi connectivity index (χ3n) is 1.83. The lowest BCUT2D eigenvalue weighted by molar-refractivity contribution is -0.134. The Morgan fingerprint density at radius 1 is 1.56 bits per heavy atom. The lowest BCUT2D eigenvalue weighted by Gasteiger charge is -2.04. The summed E-state index contributed by atoms with van der Waals surface area (Å²) >= 11 is 0. The summed E-state index contributed by atoms with van der Waals surface area (Å²) in [5, 5.41) is 8.38. The van der Waals surface area contributed by atoms with E-state index in [0.29, 0.717) is 17.9 Å². The van der Waals surface area contributed by atoms with Gasteiger partial charge >= 0.3 is 5.97 Å². The lowest BCUT2D eigenvalue weighted by Crippen LogP contribution is -1.96. The number of carbonyl (C=O) groups is 1. The molecule has 0 radical (unpaired) electrons. The van der Waals surface area contributed by atoms with E-state index in [1.165, 1.54) is 0 Å². The molecule has 0 saturated heterocycles. The number of carboxylic acid groups (broad SMARTS) is 1. The van der Waals surface area contributed by atoms with Gasteiger partial charge in [0.2, 0.25) is 5.83 Å². The Hall–Kier alpha value is -1.84. The van der Waals surface area contributed by atoms with Crippen LogP contribution < -0.4 is 4.74 Å². The van der Waals surface area contributed by atoms with E-state index in [0.717, 1.165) is 12.5 Å². The van der Waals surface area contributed by atoms with E-state index in [2.05, 4.69) is 0 Å². The molecule has 3 nitrogen and oxygen atoms in total. The van der Waals surface area contributed by atoms with E-state index >= 15 is 0 Å². The summed E-state index contributed by atoms with van der Waals surface area (Å²) in [6.07, 6.45) is 1.84. The average Bonchev–Trinajstić information content (AvgIpc) is 2.26. The van der Waals surface area contributed by atoms with Crippen LogP contribution in [-0.2, 0) is 4.79 Å². The van der Waals surface area contributed by atoms with Crippen molar-refractivity contribution in [3.8, 4) is 5.75 Å². The SMILES string of the molecule is CCCOc1cccc(C=C(F)C(=O)O)c1.